The van der Waals surface area contributed by atoms with Crippen LogP contribution in [-0.4, -0.2) is 43.4 Å². The standard InChI is InChI=1S/C63H79N3O2.C2H6.CH4O/c1-13-39-65(61-50(41(3)4)23-19-24-51(61)42(5)6)48-33-29-46(30-34-48)60(47-31-35-49(36-32-47)66(40-14-2)62-52(43(7)8)25-20-26-53(62)44(9)10)56-37-38-57(55-22-16-15-21-54(55)56)64-58-27-17-18-28-59(58)68-63(67)45(11)12;2*1-2/h15-16,19-26,29-38,41-44,58-60,64H,11,13-14,17-18,27-28,39-40H2,1-10,12H3;1-2H3;2H,1H3. The number of hydrogen-bond donors (Lipinski definition) is 2. The predicted octanol–water partition coefficient (Wildman–Crippen LogP) is 18.1. The summed E-state index contributed by atoms with van der Waals surface area (Å²) < 4.78 is 6.03. The lowest BCUT2D eigenvalue weighted by molar-refractivity contribution is -0.146. The van der Waals surface area contributed by atoms with Gasteiger partial charge in [-0.15, -0.1) is 0 Å². The summed E-state index contributed by atoms with van der Waals surface area (Å²) in [6, 6.07) is 46.2. The maximum atomic E-state index is 12.7. The van der Waals surface area contributed by atoms with Crippen LogP contribution in [0.25, 0.3) is 10.8 Å². The summed E-state index contributed by atoms with van der Waals surface area (Å²) in [5, 5.41) is 13.3. The highest BCUT2D eigenvalue weighted by Crippen LogP contribution is 2.44. The number of para-hydroxylation sites is 2. The van der Waals surface area contributed by atoms with Crippen LogP contribution in [0, 0.1) is 0 Å². The van der Waals surface area contributed by atoms with E-state index in [1.54, 1.807) is 6.92 Å². The number of carbonyl (C=O) groups is 1. The zero-order chi connectivity index (χ0) is 52.6. The Hall–Kier alpha value is -5.85. The molecule has 0 amide bonds. The summed E-state index contributed by atoms with van der Waals surface area (Å²) in [4.78, 5) is 17.9. The van der Waals surface area contributed by atoms with Crippen molar-refractivity contribution in [3.63, 3.8) is 0 Å². The highest BCUT2D eigenvalue weighted by Gasteiger charge is 2.30. The largest absolute Gasteiger partial charge is 0.457 e. The van der Waals surface area contributed by atoms with E-state index < -0.39 is 0 Å². The van der Waals surface area contributed by atoms with Gasteiger partial charge >= 0.3 is 5.97 Å². The summed E-state index contributed by atoms with van der Waals surface area (Å²) >= 11 is 0. The van der Waals surface area contributed by atoms with Crippen molar-refractivity contribution in [1.82, 2.24) is 0 Å². The molecule has 72 heavy (non-hydrogen) atoms. The molecule has 2 N–H and O–H groups in total. The van der Waals surface area contributed by atoms with Gasteiger partial charge in [0.05, 0.1) is 6.04 Å². The Morgan fingerprint density at radius 2 is 1.00 bits per heavy atom. The van der Waals surface area contributed by atoms with Crippen molar-refractivity contribution in [2.24, 2.45) is 0 Å². The molecular formula is C66H89N3O3. The second-order valence-electron chi connectivity index (χ2n) is 20.6. The van der Waals surface area contributed by atoms with Crippen LogP contribution in [0.1, 0.15) is 197 Å². The Morgan fingerprint density at radius 3 is 1.40 bits per heavy atom. The highest BCUT2D eigenvalue weighted by molar-refractivity contribution is 5.97. The molecule has 1 aliphatic carbocycles. The van der Waals surface area contributed by atoms with Crippen molar-refractivity contribution in [2.75, 3.05) is 35.3 Å². The molecule has 2 unspecified atom stereocenters. The van der Waals surface area contributed by atoms with E-state index in [1.165, 1.54) is 72.5 Å². The van der Waals surface area contributed by atoms with Gasteiger partial charge < -0.3 is 25.0 Å². The number of nitrogens with zero attached hydrogens (tertiary/aromatic N) is 2. The molecule has 7 rings (SSSR count). The van der Waals surface area contributed by atoms with Gasteiger partial charge in [0.2, 0.25) is 0 Å². The molecule has 0 heterocycles. The van der Waals surface area contributed by atoms with Crippen LogP contribution in [0.15, 0.2) is 133 Å². The highest BCUT2D eigenvalue weighted by atomic mass is 16.5. The number of nitrogens with one attached hydrogen (secondary N) is 1. The Bertz CT molecular complexity index is 2480. The van der Waals surface area contributed by atoms with Gasteiger partial charge in [0.1, 0.15) is 6.10 Å². The maximum absolute atomic E-state index is 12.7. The van der Waals surface area contributed by atoms with E-state index in [1.807, 2.05) is 13.8 Å². The number of aliphatic hydroxyl groups excluding tert-OH is 1. The Kier molecular flexibility index (Phi) is 21.6. The minimum atomic E-state index is -0.312. The molecule has 1 fully saturated rings. The minimum absolute atomic E-state index is 0.0170. The van der Waals surface area contributed by atoms with Crippen LogP contribution in [0.2, 0.25) is 0 Å². The molecule has 386 valence electrons. The van der Waals surface area contributed by atoms with Crippen LogP contribution in [0.5, 0.6) is 0 Å². The van der Waals surface area contributed by atoms with Crippen molar-refractivity contribution in [1.29, 1.82) is 0 Å². The second-order valence-corrected chi connectivity index (χ2v) is 20.6. The average molecular weight is 972 g/mol. The number of anilines is 5. The quantitative estimate of drug-likeness (QED) is 0.0479. The van der Waals surface area contributed by atoms with Crippen molar-refractivity contribution in [3.8, 4) is 0 Å². The third kappa shape index (κ3) is 13.2. The van der Waals surface area contributed by atoms with E-state index in [9.17, 15) is 4.79 Å². The van der Waals surface area contributed by atoms with Crippen molar-refractivity contribution < 1.29 is 14.6 Å². The fourth-order valence-corrected chi connectivity index (χ4v) is 10.6. The Labute approximate surface area is 435 Å². The van der Waals surface area contributed by atoms with Gasteiger partial charge in [0, 0.05) is 65.5 Å². The first kappa shape index (κ1) is 57.1. The number of hydrogen-bond acceptors (Lipinski definition) is 6. The third-order valence-corrected chi connectivity index (χ3v) is 14.1. The number of carbonyl (C=O) groups excluding carboxylic acids is 1. The normalized spacial score (nSPS) is 14.5. The molecule has 0 bridgehead atoms. The minimum Gasteiger partial charge on any atom is -0.457 e. The van der Waals surface area contributed by atoms with Gasteiger partial charge in [0.15, 0.2) is 0 Å². The molecule has 0 spiro atoms. The van der Waals surface area contributed by atoms with Crippen LogP contribution in [-0.2, 0) is 9.53 Å². The number of aliphatic hydroxyl groups is 1. The third-order valence-electron chi connectivity index (χ3n) is 14.1. The molecule has 0 saturated heterocycles. The summed E-state index contributed by atoms with van der Waals surface area (Å²) in [5.74, 6) is 1.26. The van der Waals surface area contributed by atoms with Crippen molar-refractivity contribution in [3.05, 3.63) is 172 Å². The number of esters is 1. The number of ether oxygens (including phenoxy) is 1. The van der Waals surface area contributed by atoms with E-state index in [2.05, 4.69) is 212 Å². The van der Waals surface area contributed by atoms with Crippen LogP contribution in [0.3, 0.4) is 0 Å². The Balaban J connectivity index is 0.00000235. The van der Waals surface area contributed by atoms with E-state index >= 15 is 0 Å². The van der Waals surface area contributed by atoms with Crippen molar-refractivity contribution >= 4 is 45.2 Å². The second kappa shape index (κ2) is 27.3. The Morgan fingerprint density at radius 1 is 0.583 bits per heavy atom. The number of fused-ring (bicyclic) bond motifs is 1. The van der Waals surface area contributed by atoms with E-state index in [-0.39, 0.29) is 24.0 Å². The lowest BCUT2D eigenvalue weighted by atomic mass is 9.82. The smallest absolute Gasteiger partial charge is 0.333 e. The average Bonchev–Trinajstić information content (AvgIpc) is 3.39. The lowest BCUT2D eigenvalue weighted by Gasteiger charge is -2.33. The maximum Gasteiger partial charge on any atom is 0.333 e. The first-order valence-electron chi connectivity index (χ1n) is 27.3. The van der Waals surface area contributed by atoms with Crippen molar-refractivity contribution in [2.45, 2.75) is 170 Å². The van der Waals surface area contributed by atoms with Gasteiger partial charge in [-0.1, -0.05) is 187 Å². The number of rotatable bonds is 19. The molecule has 6 aromatic rings. The first-order valence-corrected chi connectivity index (χ1v) is 27.3. The van der Waals surface area contributed by atoms with Crippen LogP contribution >= 0.6 is 0 Å². The molecule has 2 atom stereocenters. The lowest BCUT2D eigenvalue weighted by Crippen LogP contribution is -2.40. The van der Waals surface area contributed by atoms with E-state index in [4.69, 9.17) is 9.84 Å². The summed E-state index contributed by atoms with van der Waals surface area (Å²) in [6.45, 7) is 34.6. The fraction of sp³-hybridized carbons (Fsp3) is 0.439. The molecule has 6 aromatic carbocycles. The summed E-state index contributed by atoms with van der Waals surface area (Å²) in [5.41, 5.74) is 16.0. The number of benzene rings is 6. The molecule has 0 aliphatic heterocycles. The molecule has 1 aliphatic rings. The van der Waals surface area contributed by atoms with Gasteiger partial charge in [-0.2, -0.15) is 0 Å². The molecule has 0 aromatic heterocycles. The zero-order valence-electron chi connectivity index (χ0n) is 46.6. The van der Waals surface area contributed by atoms with Gasteiger partial charge in [-0.25, -0.2) is 4.79 Å². The van der Waals surface area contributed by atoms with Gasteiger partial charge in [-0.3, -0.25) is 0 Å². The predicted molar refractivity (Wildman–Crippen MR) is 312 cm³/mol. The zero-order valence-corrected chi connectivity index (χ0v) is 46.6. The van der Waals surface area contributed by atoms with E-state index in [0.29, 0.717) is 29.2 Å². The molecule has 6 heteroatoms. The molecule has 0 radical (unpaired) electrons. The molecule has 1 saturated carbocycles. The van der Waals surface area contributed by atoms with E-state index in [0.717, 1.165) is 64.4 Å². The SMILES string of the molecule is C=C(C)C(=O)OC1CCCCC1Nc1ccc(C(c2ccc(N(CCC)c3c(C(C)C)cccc3C(C)C)cc2)c2ccc(N(CCC)c3c(C(C)C)cccc3C(C)C)cc2)c2ccccc12.CC.CO. The van der Waals surface area contributed by atoms with Gasteiger partial charge in [-0.05, 0) is 137 Å². The first-order chi connectivity index (χ1) is 34.7. The monoisotopic (exact) mass is 972 g/mol. The topological polar surface area (TPSA) is 65.0 Å². The summed E-state index contributed by atoms with van der Waals surface area (Å²) in [7, 11) is 1.00. The molecular weight excluding hydrogens is 883 g/mol. The fourth-order valence-electron chi connectivity index (χ4n) is 10.6. The summed E-state index contributed by atoms with van der Waals surface area (Å²) in [6.07, 6.45) is 5.80. The molecule has 6 nitrogen and oxygen atoms in total. The van der Waals surface area contributed by atoms with Crippen LogP contribution in [0.4, 0.5) is 28.4 Å². The van der Waals surface area contributed by atoms with Crippen LogP contribution < -0.4 is 15.1 Å². The van der Waals surface area contributed by atoms with Gasteiger partial charge in [0.25, 0.3) is 0 Å².